The molecule has 3 saturated carbocycles. The van der Waals surface area contributed by atoms with E-state index in [-0.39, 0.29) is 29.0 Å². The summed E-state index contributed by atoms with van der Waals surface area (Å²) in [4.78, 5) is 10.9. The third-order valence-corrected chi connectivity index (χ3v) is 9.83. The molecule has 0 saturated heterocycles. The highest BCUT2D eigenvalue weighted by Crippen LogP contribution is 2.50. The van der Waals surface area contributed by atoms with Gasteiger partial charge in [0.1, 0.15) is 16.5 Å². The minimum atomic E-state index is -4.15. The Labute approximate surface area is 181 Å². The highest BCUT2D eigenvalue weighted by Gasteiger charge is 2.44. The van der Waals surface area contributed by atoms with Crippen molar-refractivity contribution in [2.75, 3.05) is 6.61 Å². The van der Waals surface area contributed by atoms with Crippen molar-refractivity contribution in [3.8, 4) is 5.75 Å². The number of aliphatic carboxylic acids is 1. The lowest BCUT2D eigenvalue weighted by atomic mass is 9.71. The monoisotopic (exact) mass is 458 g/mol. The normalized spacial score (nSPS) is 33.6. The van der Waals surface area contributed by atoms with Crippen molar-refractivity contribution in [1.29, 1.82) is 0 Å². The number of carboxylic acid groups (broad SMARTS) is 1. The molecule has 0 amide bonds. The van der Waals surface area contributed by atoms with Crippen LogP contribution in [0.2, 0.25) is 5.02 Å². The third kappa shape index (κ3) is 4.07. The fourth-order valence-corrected chi connectivity index (χ4v) is 8.36. The molecule has 3 aliphatic rings. The maximum absolute atomic E-state index is 14.8. The van der Waals surface area contributed by atoms with E-state index >= 15 is 0 Å². The average Bonchev–Trinajstić information content (AvgIpc) is 3.29. The van der Waals surface area contributed by atoms with Gasteiger partial charge in [-0.1, -0.05) is 37.8 Å². The van der Waals surface area contributed by atoms with E-state index < -0.39 is 37.7 Å². The molecule has 5 atom stereocenters. The minimum Gasteiger partial charge on any atom is -0.491 e. The second-order valence-corrected chi connectivity index (χ2v) is 12.3. The SMILES string of the molecule is C[C@]1(COc2cc(F)c(S(=O)(=O)[C@@H]3CCC[C@H]3C(=O)O)cc2Cl)C[C@@H]2CC[C@@H](C2)C1. The molecule has 0 aromatic heterocycles. The number of rotatable bonds is 6. The number of carbonyl (C=O) groups is 1. The highest BCUT2D eigenvalue weighted by atomic mass is 35.5. The molecule has 1 aromatic carbocycles. The van der Waals surface area contributed by atoms with Crippen molar-refractivity contribution in [2.45, 2.75) is 68.4 Å². The van der Waals surface area contributed by atoms with Crippen LogP contribution < -0.4 is 4.74 Å². The lowest BCUT2D eigenvalue weighted by Gasteiger charge is -2.37. The smallest absolute Gasteiger partial charge is 0.307 e. The van der Waals surface area contributed by atoms with Crippen molar-refractivity contribution in [3.63, 3.8) is 0 Å². The molecule has 2 bridgehead atoms. The molecule has 166 valence electrons. The molecule has 0 aliphatic heterocycles. The number of sulfone groups is 1. The summed E-state index contributed by atoms with van der Waals surface area (Å²) in [7, 11) is -4.15. The van der Waals surface area contributed by atoms with E-state index in [0.29, 0.717) is 13.0 Å². The maximum atomic E-state index is 14.8. The molecular weight excluding hydrogens is 431 g/mol. The second-order valence-electron chi connectivity index (χ2n) is 9.72. The molecule has 1 N–H and O–H groups in total. The molecule has 0 spiro atoms. The third-order valence-electron chi connectivity index (χ3n) is 7.25. The number of carboxylic acids is 1. The van der Waals surface area contributed by atoms with E-state index in [2.05, 4.69) is 6.92 Å². The van der Waals surface area contributed by atoms with E-state index in [1.807, 2.05) is 0 Å². The summed E-state index contributed by atoms with van der Waals surface area (Å²) in [5.74, 6) is -1.54. The Hall–Kier alpha value is -1.34. The Morgan fingerprint density at radius 2 is 1.90 bits per heavy atom. The van der Waals surface area contributed by atoms with Gasteiger partial charge in [0.25, 0.3) is 0 Å². The van der Waals surface area contributed by atoms with Crippen molar-refractivity contribution < 1.29 is 27.4 Å². The highest BCUT2D eigenvalue weighted by molar-refractivity contribution is 7.92. The zero-order valence-electron chi connectivity index (χ0n) is 17.1. The molecule has 0 radical (unpaired) electrons. The van der Waals surface area contributed by atoms with Crippen molar-refractivity contribution in [3.05, 3.63) is 23.0 Å². The number of fused-ring (bicyclic) bond motifs is 2. The minimum absolute atomic E-state index is 0.00714. The Morgan fingerprint density at radius 3 is 2.53 bits per heavy atom. The van der Waals surface area contributed by atoms with Gasteiger partial charge in [0, 0.05) is 11.5 Å². The summed E-state index contributed by atoms with van der Waals surface area (Å²) < 4.78 is 46.6. The quantitative estimate of drug-likeness (QED) is 0.641. The molecule has 8 heteroatoms. The molecular formula is C22H28ClFO5S. The number of ether oxygens (including phenoxy) is 1. The summed E-state index contributed by atoms with van der Waals surface area (Å²) in [6.45, 7) is 2.60. The van der Waals surface area contributed by atoms with E-state index in [1.54, 1.807) is 0 Å². The summed E-state index contributed by atoms with van der Waals surface area (Å²) in [5.41, 5.74) is 0.00714. The fraction of sp³-hybridized carbons (Fsp3) is 0.682. The first kappa shape index (κ1) is 21.9. The Kier molecular flexibility index (Phi) is 5.81. The molecule has 3 aliphatic carbocycles. The van der Waals surface area contributed by atoms with Gasteiger partial charge in [-0.3, -0.25) is 4.79 Å². The van der Waals surface area contributed by atoms with Crippen molar-refractivity contribution in [1.82, 2.24) is 0 Å². The topological polar surface area (TPSA) is 80.7 Å². The van der Waals surface area contributed by atoms with Gasteiger partial charge in [-0.2, -0.15) is 0 Å². The van der Waals surface area contributed by atoms with Gasteiger partial charge in [0.2, 0.25) is 0 Å². The lowest BCUT2D eigenvalue weighted by Crippen LogP contribution is -2.32. The van der Waals surface area contributed by atoms with Crippen LogP contribution >= 0.6 is 11.6 Å². The molecule has 3 fully saturated rings. The first-order valence-corrected chi connectivity index (χ1v) is 12.6. The summed E-state index contributed by atoms with van der Waals surface area (Å²) in [6.07, 6.45) is 6.93. The summed E-state index contributed by atoms with van der Waals surface area (Å²) >= 11 is 6.27. The van der Waals surface area contributed by atoms with Crippen LogP contribution in [0.5, 0.6) is 5.75 Å². The summed E-state index contributed by atoms with van der Waals surface area (Å²) in [5, 5.41) is 8.21. The Bertz CT molecular complexity index is 935. The zero-order chi connectivity index (χ0) is 21.7. The number of halogens is 2. The van der Waals surface area contributed by atoms with Gasteiger partial charge in [0.05, 0.1) is 22.8 Å². The molecule has 0 heterocycles. The average molecular weight is 459 g/mol. The number of benzene rings is 1. The summed E-state index contributed by atoms with van der Waals surface area (Å²) in [6, 6.07) is 2.10. The van der Waals surface area contributed by atoms with E-state index in [1.165, 1.54) is 19.3 Å². The van der Waals surface area contributed by atoms with Crippen LogP contribution in [-0.4, -0.2) is 31.4 Å². The van der Waals surface area contributed by atoms with E-state index in [4.69, 9.17) is 16.3 Å². The van der Waals surface area contributed by atoms with Crippen LogP contribution in [0.4, 0.5) is 4.39 Å². The van der Waals surface area contributed by atoms with Crippen molar-refractivity contribution >= 4 is 27.4 Å². The number of hydrogen-bond donors (Lipinski definition) is 1. The first-order valence-electron chi connectivity index (χ1n) is 10.7. The van der Waals surface area contributed by atoms with Crippen LogP contribution in [-0.2, 0) is 14.6 Å². The van der Waals surface area contributed by atoms with Crippen LogP contribution in [0.25, 0.3) is 0 Å². The van der Waals surface area contributed by atoms with Crippen LogP contribution in [0.3, 0.4) is 0 Å². The molecule has 4 rings (SSSR count). The van der Waals surface area contributed by atoms with Gasteiger partial charge in [0.15, 0.2) is 9.84 Å². The standard InChI is InChI=1S/C22H28ClFO5S/c1-22(10-13-5-6-14(7-13)11-22)12-29-18-9-17(24)20(8-16(18)23)30(27,28)19-4-2-3-15(19)21(25)26/h8-9,13-15,19H,2-7,10-12H2,1H3,(H,25,26)/t13-,14+,15-,19-,22+/m1/s1. The zero-order valence-corrected chi connectivity index (χ0v) is 18.6. The predicted molar refractivity (Wildman–Crippen MR) is 111 cm³/mol. The second kappa shape index (κ2) is 7.97. The fourth-order valence-electron chi connectivity index (χ4n) is 5.98. The first-order chi connectivity index (χ1) is 14.1. The molecule has 30 heavy (non-hydrogen) atoms. The molecule has 0 unspecified atom stereocenters. The van der Waals surface area contributed by atoms with Gasteiger partial charge < -0.3 is 9.84 Å². The Morgan fingerprint density at radius 1 is 1.23 bits per heavy atom. The Balaban J connectivity index is 1.53. The van der Waals surface area contributed by atoms with Gasteiger partial charge in [-0.25, -0.2) is 12.8 Å². The predicted octanol–water partition coefficient (Wildman–Crippen LogP) is 5.10. The van der Waals surface area contributed by atoms with Crippen molar-refractivity contribution in [2.24, 2.45) is 23.2 Å². The van der Waals surface area contributed by atoms with E-state index in [0.717, 1.165) is 36.8 Å². The lowest BCUT2D eigenvalue weighted by molar-refractivity contribution is -0.141. The van der Waals surface area contributed by atoms with Crippen LogP contribution in [0, 0.1) is 29.0 Å². The largest absolute Gasteiger partial charge is 0.491 e. The van der Waals surface area contributed by atoms with Gasteiger partial charge >= 0.3 is 5.97 Å². The molecule has 1 aromatic rings. The van der Waals surface area contributed by atoms with E-state index in [9.17, 15) is 22.7 Å². The molecule has 5 nitrogen and oxygen atoms in total. The van der Waals surface area contributed by atoms with Crippen LogP contribution in [0.1, 0.15) is 58.3 Å². The van der Waals surface area contributed by atoms with Crippen LogP contribution in [0.15, 0.2) is 17.0 Å². The van der Waals surface area contributed by atoms with Gasteiger partial charge in [-0.05, 0) is 50.0 Å². The van der Waals surface area contributed by atoms with Gasteiger partial charge in [-0.15, -0.1) is 0 Å². The maximum Gasteiger partial charge on any atom is 0.307 e. The number of hydrogen-bond acceptors (Lipinski definition) is 4.